The normalized spacial score (nSPS) is 17.1. The number of likely N-dealkylation sites (tertiary alicyclic amines) is 1. The van der Waals surface area contributed by atoms with Gasteiger partial charge in [0.15, 0.2) is 5.76 Å². The highest BCUT2D eigenvalue weighted by molar-refractivity contribution is 5.98. The maximum Gasteiger partial charge on any atom is 0.310 e. The van der Waals surface area contributed by atoms with Gasteiger partial charge in [0, 0.05) is 29.9 Å². The molecule has 4 rings (SSSR count). The minimum atomic E-state index is -0.282. The van der Waals surface area contributed by atoms with Gasteiger partial charge in [0.2, 0.25) is 5.71 Å². The minimum Gasteiger partial charge on any atom is -0.497 e. The van der Waals surface area contributed by atoms with Gasteiger partial charge >= 0.3 is 5.97 Å². The Bertz CT molecular complexity index is 1040. The Morgan fingerprint density at radius 2 is 2.11 bits per heavy atom. The van der Waals surface area contributed by atoms with Crippen molar-refractivity contribution in [2.24, 2.45) is 5.92 Å². The van der Waals surface area contributed by atoms with Crippen LogP contribution in [0.4, 0.5) is 0 Å². The van der Waals surface area contributed by atoms with Crippen molar-refractivity contribution in [3.63, 3.8) is 0 Å². The van der Waals surface area contributed by atoms with E-state index in [0.717, 1.165) is 29.1 Å². The van der Waals surface area contributed by atoms with E-state index in [-0.39, 0.29) is 23.6 Å². The van der Waals surface area contributed by atoms with Gasteiger partial charge in [-0.2, -0.15) is 0 Å². The van der Waals surface area contributed by atoms with Crippen LogP contribution in [0.5, 0.6) is 5.75 Å². The number of carbonyl (C=O) groups is 2. The first kappa shape index (κ1) is 18.3. The van der Waals surface area contributed by atoms with Crippen molar-refractivity contribution in [2.75, 3.05) is 26.8 Å². The number of amides is 1. The third kappa shape index (κ3) is 3.40. The van der Waals surface area contributed by atoms with Crippen LogP contribution in [0, 0.1) is 5.92 Å². The summed E-state index contributed by atoms with van der Waals surface area (Å²) >= 11 is 0. The molecule has 1 aliphatic rings. The van der Waals surface area contributed by atoms with Crippen LogP contribution in [0.25, 0.3) is 22.0 Å². The first-order valence-corrected chi connectivity index (χ1v) is 9.43. The molecule has 0 N–H and O–H groups in total. The molecule has 0 radical (unpaired) electrons. The molecule has 0 saturated carbocycles. The zero-order chi connectivity index (χ0) is 19.7. The first-order valence-electron chi connectivity index (χ1n) is 9.43. The van der Waals surface area contributed by atoms with E-state index in [0.29, 0.717) is 31.2 Å². The molecule has 28 heavy (non-hydrogen) atoms. The number of fused-ring (bicyclic) bond motifs is 2. The Morgan fingerprint density at radius 3 is 2.89 bits per heavy atom. The van der Waals surface area contributed by atoms with Gasteiger partial charge < -0.3 is 18.8 Å². The summed E-state index contributed by atoms with van der Waals surface area (Å²) in [5.41, 5.74) is 1.14. The second kappa shape index (κ2) is 7.50. The number of ether oxygens (including phenoxy) is 2. The fourth-order valence-corrected chi connectivity index (χ4v) is 3.61. The molecule has 1 atom stereocenters. The maximum atomic E-state index is 12.9. The van der Waals surface area contributed by atoms with Crippen molar-refractivity contribution in [3.05, 3.63) is 36.1 Å². The smallest absolute Gasteiger partial charge is 0.310 e. The monoisotopic (exact) mass is 382 g/mol. The summed E-state index contributed by atoms with van der Waals surface area (Å²) in [5.74, 6) is 0.185. The van der Waals surface area contributed by atoms with E-state index in [4.69, 9.17) is 13.9 Å². The summed E-state index contributed by atoms with van der Waals surface area (Å²) in [6, 6.07) is 9.26. The van der Waals surface area contributed by atoms with Crippen molar-refractivity contribution < 1.29 is 23.5 Å². The highest BCUT2D eigenvalue weighted by Gasteiger charge is 2.31. The van der Waals surface area contributed by atoms with Gasteiger partial charge in [0.1, 0.15) is 5.75 Å². The highest BCUT2D eigenvalue weighted by Crippen LogP contribution is 2.27. The van der Waals surface area contributed by atoms with Crippen LogP contribution in [-0.2, 0) is 9.53 Å². The van der Waals surface area contributed by atoms with Crippen LogP contribution < -0.4 is 4.74 Å². The van der Waals surface area contributed by atoms with Crippen molar-refractivity contribution in [1.29, 1.82) is 0 Å². The number of rotatable bonds is 4. The molecule has 7 heteroatoms. The van der Waals surface area contributed by atoms with Gasteiger partial charge in [-0.25, -0.2) is 4.98 Å². The molecule has 1 saturated heterocycles. The van der Waals surface area contributed by atoms with Crippen LogP contribution in [0.15, 0.2) is 34.7 Å². The lowest BCUT2D eigenvalue weighted by Crippen LogP contribution is -2.42. The fraction of sp³-hybridized carbons (Fsp3) is 0.381. The third-order valence-electron chi connectivity index (χ3n) is 5.05. The average molecular weight is 382 g/mol. The number of nitrogens with zero attached hydrogens (tertiary/aromatic N) is 2. The number of esters is 1. The summed E-state index contributed by atoms with van der Waals surface area (Å²) in [6.07, 6.45) is 1.49. The fourth-order valence-electron chi connectivity index (χ4n) is 3.61. The number of pyridine rings is 1. The predicted octanol–water partition coefficient (Wildman–Crippen LogP) is 3.40. The molecule has 1 amide bonds. The summed E-state index contributed by atoms with van der Waals surface area (Å²) in [7, 11) is 1.60. The number of aromatic nitrogens is 1. The molecule has 3 heterocycles. The van der Waals surface area contributed by atoms with E-state index in [1.165, 1.54) is 0 Å². The van der Waals surface area contributed by atoms with E-state index in [1.54, 1.807) is 25.0 Å². The quantitative estimate of drug-likeness (QED) is 0.643. The van der Waals surface area contributed by atoms with E-state index >= 15 is 0 Å². The Balaban J connectivity index is 1.60. The number of carbonyl (C=O) groups excluding carboxylic acids is 2. The van der Waals surface area contributed by atoms with Gasteiger partial charge in [-0.05, 0) is 44.0 Å². The molecular weight excluding hydrogens is 360 g/mol. The molecule has 0 spiro atoms. The number of furan rings is 1. The zero-order valence-electron chi connectivity index (χ0n) is 15.9. The molecule has 1 aromatic carbocycles. The van der Waals surface area contributed by atoms with Crippen LogP contribution in [0.1, 0.15) is 30.3 Å². The predicted molar refractivity (Wildman–Crippen MR) is 103 cm³/mol. The molecule has 2 aromatic heterocycles. The summed E-state index contributed by atoms with van der Waals surface area (Å²) in [6.45, 7) is 3.07. The zero-order valence-corrected chi connectivity index (χ0v) is 15.9. The summed E-state index contributed by atoms with van der Waals surface area (Å²) < 4.78 is 16.1. The van der Waals surface area contributed by atoms with Gasteiger partial charge in [0.05, 0.1) is 25.2 Å². The molecule has 7 nitrogen and oxygen atoms in total. The van der Waals surface area contributed by atoms with Crippen LogP contribution in [-0.4, -0.2) is 48.6 Å². The van der Waals surface area contributed by atoms with Gasteiger partial charge in [-0.3, -0.25) is 9.59 Å². The van der Waals surface area contributed by atoms with E-state index in [1.807, 2.05) is 24.3 Å². The molecule has 1 aliphatic heterocycles. The number of methoxy groups -OCH3 is 1. The highest BCUT2D eigenvalue weighted by atomic mass is 16.5. The molecular formula is C21H22N2O5. The van der Waals surface area contributed by atoms with Gasteiger partial charge in [0.25, 0.3) is 5.91 Å². The molecule has 146 valence electrons. The lowest BCUT2D eigenvalue weighted by atomic mass is 9.98. The Labute approximate surface area is 162 Å². The average Bonchev–Trinajstić information content (AvgIpc) is 3.14. The van der Waals surface area contributed by atoms with Crippen LogP contribution in [0.3, 0.4) is 0 Å². The Morgan fingerprint density at radius 1 is 1.25 bits per heavy atom. The van der Waals surface area contributed by atoms with Gasteiger partial charge in [-0.1, -0.05) is 0 Å². The Kier molecular flexibility index (Phi) is 4.90. The summed E-state index contributed by atoms with van der Waals surface area (Å²) in [5, 5.41) is 1.70. The van der Waals surface area contributed by atoms with Crippen molar-refractivity contribution in [2.45, 2.75) is 19.8 Å². The van der Waals surface area contributed by atoms with Crippen molar-refractivity contribution in [3.8, 4) is 5.75 Å². The molecule has 3 aromatic rings. The topological polar surface area (TPSA) is 81.9 Å². The van der Waals surface area contributed by atoms with Gasteiger partial charge in [-0.15, -0.1) is 0 Å². The van der Waals surface area contributed by atoms with Crippen molar-refractivity contribution >= 4 is 33.9 Å². The first-order chi connectivity index (χ1) is 13.6. The van der Waals surface area contributed by atoms with E-state index in [2.05, 4.69) is 4.98 Å². The van der Waals surface area contributed by atoms with Crippen LogP contribution in [0.2, 0.25) is 0 Å². The number of benzene rings is 1. The lowest BCUT2D eigenvalue weighted by Gasteiger charge is -2.30. The molecule has 1 fully saturated rings. The molecule has 0 aliphatic carbocycles. The third-order valence-corrected chi connectivity index (χ3v) is 5.05. The summed E-state index contributed by atoms with van der Waals surface area (Å²) in [4.78, 5) is 31.1. The second-order valence-corrected chi connectivity index (χ2v) is 6.89. The SMILES string of the molecule is CCOC(=O)C1CCCN(C(=O)c2cc3cc4ccc(OC)cc4nc3o2)C1. The standard InChI is InChI=1S/C21H22N2O5/c1-3-27-21(25)14-5-4-8-23(12-14)20(24)18-10-15-9-13-6-7-16(26-2)11-17(13)22-19(15)28-18/h6-7,9-11,14H,3-5,8,12H2,1-2H3. The maximum absolute atomic E-state index is 12.9. The van der Waals surface area contributed by atoms with E-state index < -0.39 is 0 Å². The Hall–Kier alpha value is -3.09. The largest absolute Gasteiger partial charge is 0.497 e. The van der Waals surface area contributed by atoms with E-state index in [9.17, 15) is 9.59 Å². The second-order valence-electron chi connectivity index (χ2n) is 6.89. The number of piperidine rings is 1. The number of hydrogen-bond donors (Lipinski definition) is 0. The molecule has 0 bridgehead atoms. The minimum absolute atomic E-state index is 0.228. The van der Waals surface area contributed by atoms with Crippen molar-refractivity contribution in [1.82, 2.24) is 9.88 Å². The number of hydrogen-bond acceptors (Lipinski definition) is 6. The molecule has 1 unspecified atom stereocenters. The van der Waals surface area contributed by atoms with Crippen LogP contribution >= 0.6 is 0 Å². The lowest BCUT2D eigenvalue weighted by molar-refractivity contribution is -0.149.